The maximum absolute atomic E-state index is 13.8. The van der Waals surface area contributed by atoms with Crippen molar-refractivity contribution < 1.29 is 27.6 Å². The van der Waals surface area contributed by atoms with Crippen molar-refractivity contribution in [1.29, 1.82) is 0 Å². The predicted octanol–water partition coefficient (Wildman–Crippen LogP) is 5.73. The van der Waals surface area contributed by atoms with Crippen LogP contribution < -0.4 is 15.1 Å². The van der Waals surface area contributed by atoms with Crippen LogP contribution >= 0.6 is 34.4 Å². The minimum Gasteiger partial charge on any atom is -0.324 e. The molecule has 0 bridgehead atoms. The molecule has 3 unspecified atom stereocenters. The van der Waals surface area contributed by atoms with E-state index in [2.05, 4.69) is 5.32 Å². The molecule has 3 atom stereocenters. The Morgan fingerprint density at radius 2 is 1.71 bits per heavy atom. The fourth-order valence-electron chi connectivity index (χ4n) is 5.15. The number of thiazole rings is 1. The predicted molar refractivity (Wildman–Crippen MR) is 152 cm³/mol. The number of fused-ring (bicyclic) bond motifs is 2. The summed E-state index contributed by atoms with van der Waals surface area (Å²) in [6.07, 6.45) is -4.68. The number of carbonyl (C=O) groups is 3. The van der Waals surface area contributed by atoms with Crippen molar-refractivity contribution in [2.24, 2.45) is 5.92 Å². The van der Waals surface area contributed by atoms with Gasteiger partial charge < -0.3 is 5.32 Å². The lowest BCUT2D eigenvalue weighted by Gasteiger charge is -2.29. The van der Waals surface area contributed by atoms with Crippen LogP contribution in [0.3, 0.4) is 0 Å². The first-order valence-corrected chi connectivity index (χ1v) is 15.0. The number of thioether (sulfide) groups is 1. The number of amides is 3. The second-order valence-electron chi connectivity index (χ2n) is 9.62. The summed E-state index contributed by atoms with van der Waals surface area (Å²) in [5.41, 5.74) is -0.00155. The zero-order valence-corrected chi connectivity index (χ0v) is 23.6. The summed E-state index contributed by atoms with van der Waals surface area (Å²) in [5, 5.41) is 3.63. The minimum absolute atomic E-state index is 0.366. The van der Waals surface area contributed by atoms with Gasteiger partial charge >= 0.3 is 11.0 Å². The molecule has 0 saturated carbocycles. The van der Waals surface area contributed by atoms with E-state index in [9.17, 15) is 32.3 Å². The number of hydrogen-bond acceptors (Lipinski definition) is 7. The van der Waals surface area contributed by atoms with Gasteiger partial charge in [-0.05, 0) is 42.6 Å². The fourth-order valence-corrected chi connectivity index (χ4v) is 8.87. The Hall–Kier alpha value is -3.68. The smallest absolute Gasteiger partial charge is 0.324 e. The van der Waals surface area contributed by atoms with E-state index in [4.69, 9.17) is 0 Å². The summed E-state index contributed by atoms with van der Waals surface area (Å²) in [7, 11) is 0. The van der Waals surface area contributed by atoms with Crippen molar-refractivity contribution in [3.8, 4) is 0 Å². The van der Waals surface area contributed by atoms with Crippen molar-refractivity contribution >= 4 is 63.5 Å². The van der Waals surface area contributed by atoms with Gasteiger partial charge in [0, 0.05) is 15.7 Å². The molecule has 3 amide bonds. The standard InChI is InChI=1S/C28H20F3N3O4S3/c1-14-8-10-15(11-9-14)34-24(36)21-20(18-7-4-12-39-18)23-26(40-22(21)25(34)37)33(27(38)41-23)13-19(35)32-17-6-3-2-5-16(17)28(29,30)31/h2-12,20-22H,13H2,1H3,(H,32,35). The number of para-hydroxylation sites is 1. The van der Waals surface area contributed by atoms with Crippen LogP contribution in [0.1, 0.15) is 26.8 Å². The number of nitrogens with zero attached hydrogens (tertiary/aromatic N) is 2. The Labute approximate surface area is 243 Å². The van der Waals surface area contributed by atoms with Crippen LogP contribution in [-0.2, 0) is 27.1 Å². The normalized spacial score (nSPS) is 20.2. The van der Waals surface area contributed by atoms with Gasteiger partial charge in [0.25, 0.3) is 0 Å². The lowest BCUT2D eigenvalue weighted by molar-refractivity contribution is -0.137. The zero-order valence-electron chi connectivity index (χ0n) is 21.2. The molecule has 2 aromatic heterocycles. The first-order valence-electron chi connectivity index (χ1n) is 12.4. The average Bonchev–Trinajstić information content (AvgIpc) is 3.62. The first-order chi connectivity index (χ1) is 19.5. The molecule has 13 heteroatoms. The third-order valence-electron chi connectivity index (χ3n) is 7.00. The van der Waals surface area contributed by atoms with Gasteiger partial charge in [0.1, 0.15) is 11.8 Å². The summed E-state index contributed by atoms with van der Waals surface area (Å²) < 4.78 is 41.5. The third kappa shape index (κ3) is 4.81. The molecule has 210 valence electrons. The molecule has 2 aliphatic heterocycles. The van der Waals surface area contributed by atoms with E-state index in [0.29, 0.717) is 15.6 Å². The third-order valence-corrected chi connectivity index (χ3v) is 10.6. The van der Waals surface area contributed by atoms with E-state index in [-0.39, 0.29) is 5.91 Å². The number of nitrogens with one attached hydrogen (secondary N) is 1. The van der Waals surface area contributed by atoms with Crippen LogP contribution in [0.5, 0.6) is 0 Å². The molecule has 1 N–H and O–H groups in total. The van der Waals surface area contributed by atoms with Gasteiger partial charge in [-0.25, -0.2) is 4.90 Å². The number of aryl methyl sites for hydroxylation is 1. The van der Waals surface area contributed by atoms with Gasteiger partial charge in [0.2, 0.25) is 17.7 Å². The topological polar surface area (TPSA) is 88.5 Å². The molecule has 0 spiro atoms. The summed E-state index contributed by atoms with van der Waals surface area (Å²) in [6, 6.07) is 15.3. The molecule has 2 aliphatic rings. The molecule has 0 radical (unpaired) electrons. The highest BCUT2D eigenvalue weighted by Gasteiger charge is 2.57. The van der Waals surface area contributed by atoms with Gasteiger partial charge in [-0.1, -0.05) is 59.0 Å². The van der Waals surface area contributed by atoms with Crippen molar-refractivity contribution in [3.05, 3.63) is 96.6 Å². The van der Waals surface area contributed by atoms with Crippen LogP contribution in [0.4, 0.5) is 24.5 Å². The minimum atomic E-state index is -4.68. The summed E-state index contributed by atoms with van der Waals surface area (Å²) in [5.74, 6) is -2.96. The van der Waals surface area contributed by atoms with E-state index in [0.717, 1.165) is 45.7 Å². The number of carbonyl (C=O) groups excluding carboxylic acids is 3. The second kappa shape index (κ2) is 10.3. The molecular weight excluding hydrogens is 596 g/mol. The number of aromatic nitrogens is 1. The number of thiophene rings is 1. The van der Waals surface area contributed by atoms with E-state index in [1.807, 2.05) is 36.6 Å². The monoisotopic (exact) mass is 615 g/mol. The Kier molecular flexibility index (Phi) is 6.91. The summed E-state index contributed by atoms with van der Waals surface area (Å²) >= 11 is 3.33. The Balaban J connectivity index is 1.37. The largest absolute Gasteiger partial charge is 0.418 e. The maximum Gasteiger partial charge on any atom is 0.418 e. The van der Waals surface area contributed by atoms with Crippen LogP contribution in [0, 0.1) is 12.8 Å². The number of benzene rings is 2. The Morgan fingerprint density at radius 1 is 0.976 bits per heavy atom. The van der Waals surface area contributed by atoms with E-state index < -0.39 is 57.7 Å². The lowest BCUT2D eigenvalue weighted by atomic mass is 9.87. The number of rotatable bonds is 5. The first kappa shape index (κ1) is 27.5. The molecule has 1 saturated heterocycles. The fraction of sp³-hybridized carbons (Fsp3) is 0.214. The molecular formula is C28H20F3N3O4S3. The highest BCUT2D eigenvalue weighted by Crippen LogP contribution is 2.54. The van der Waals surface area contributed by atoms with Gasteiger partial charge in [0.05, 0.1) is 27.9 Å². The van der Waals surface area contributed by atoms with Crippen LogP contribution in [0.2, 0.25) is 0 Å². The van der Waals surface area contributed by atoms with Crippen LogP contribution in [0.25, 0.3) is 0 Å². The molecule has 6 rings (SSSR count). The van der Waals surface area contributed by atoms with Gasteiger partial charge in [-0.15, -0.1) is 11.3 Å². The van der Waals surface area contributed by atoms with Gasteiger partial charge in [-0.3, -0.25) is 23.7 Å². The number of anilines is 2. The van der Waals surface area contributed by atoms with Crippen molar-refractivity contribution in [2.45, 2.75) is 35.8 Å². The molecule has 4 aromatic rings. The molecule has 4 heterocycles. The number of alkyl halides is 3. The molecule has 41 heavy (non-hydrogen) atoms. The molecule has 0 aliphatic carbocycles. The average molecular weight is 616 g/mol. The van der Waals surface area contributed by atoms with E-state index in [1.54, 1.807) is 12.1 Å². The van der Waals surface area contributed by atoms with Crippen molar-refractivity contribution in [1.82, 2.24) is 4.57 Å². The molecule has 2 aromatic carbocycles. The summed E-state index contributed by atoms with van der Waals surface area (Å²) in [4.78, 5) is 55.6. The maximum atomic E-state index is 13.8. The Bertz CT molecular complexity index is 1730. The molecule has 1 fully saturated rings. The summed E-state index contributed by atoms with van der Waals surface area (Å²) in [6.45, 7) is 1.34. The number of halogens is 3. The second-order valence-corrected chi connectivity index (χ2v) is 12.7. The molecule has 7 nitrogen and oxygen atoms in total. The van der Waals surface area contributed by atoms with E-state index in [1.165, 1.54) is 32.9 Å². The zero-order chi connectivity index (χ0) is 29.1. The highest BCUT2D eigenvalue weighted by molar-refractivity contribution is 8.00. The van der Waals surface area contributed by atoms with Crippen LogP contribution in [-0.4, -0.2) is 27.5 Å². The quantitative estimate of drug-likeness (QED) is 0.290. The van der Waals surface area contributed by atoms with Crippen LogP contribution in [0.15, 0.2) is 75.9 Å². The number of hydrogen-bond donors (Lipinski definition) is 1. The Morgan fingerprint density at radius 3 is 2.39 bits per heavy atom. The highest BCUT2D eigenvalue weighted by atomic mass is 32.2. The van der Waals surface area contributed by atoms with E-state index >= 15 is 0 Å². The SMILES string of the molecule is Cc1ccc(N2C(=O)C3Sc4c(sc(=O)n4CC(=O)Nc4ccccc4C(F)(F)F)C(c4cccs4)C3C2=O)cc1. The van der Waals surface area contributed by atoms with Gasteiger partial charge in [0.15, 0.2) is 0 Å². The van der Waals surface area contributed by atoms with Crippen molar-refractivity contribution in [3.63, 3.8) is 0 Å². The van der Waals surface area contributed by atoms with Gasteiger partial charge in [-0.2, -0.15) is 13.2 Å². The number of imide groups is 1. The lowest BCUT2D eigenvalue weighted by Crippen LogP contribution is -2.32. The van der Waals surface area contributed by atoms with Crippen molar-refractivity contribution in [2.75, 3.05) is 10.2 Å².